The van der Waals surface area contributed by atoms with Crippen molar-refractivity contribution in [2.24, 2.45) is 0 Å². The van der Waals surface area contributed by atoms with Crippen molar-refractivity contribution in [2.75, 3.05) is 69.8 Å². The van der Waals surface area contributed by atoms with E-state index in [0.717, 1.165) is 44.2 Å². The molecule has 182 valence electrons. The van der Waals surface area contributed by atoms with E-state index in [1.807, 2.05) is 36.4 Å². The van der Waals surface area contributed by atoms with Crippen molar-refractivity contribution in [3.05, 3.63) is 48.5 Å². The van der Waals surface area contributed by atoms with Crippen LogP contribution in [-0.4, -0.2) is 82.9 Å². The van der Waals surface area contributed by atoms with Gasteiger partial charge in [0, 0.05) is 69.7 Å². The summed E-state index contributed by atoms with van der Waals surface area (Å²) in [6, 6.07) is 15.1. The third-order valence-electron chi connectivity index (χ3n) is 6.35. The molecule has 2 aromatic rings. The Kier molecular flexibility index (Phi) is 7.74. The minimum Gasteiger partial charge on any atom is -0.497 e. The molecule has 4 rings (SSSR count). The molecule has 2 aliphatic heterocycles. The smallest absolute Gasteiger partial charge is 0.315 e. The van der Waals surface area contributed by atoms with Gasteiger partial charge in [0.05, 0.1) is 20.3 Å². The predicted molar refractivity (Wildman–Crippen MR) is 132 cm³/mol. The van der Waals surface area contributed by atoms with Crippen molar-refractivity contribution in [3.8, 4) is 11.5 Å². The number of nitrogens with zero attached hydrogens (tertiary/aromatic N) is 3. The summed E-state index contributed by atoms with van der Waals surface area (Å²) in [7, 11) is 3.27. The van der Waals surface area contributed by atoms with Crippen molar-refractivity contribution >= 4 is 23.3 Å². The zero-order chi connectivity index (χ0) is 23.9. The van der Waals surface area contributed by atoms with E-state index in [9.17, 15) is 9.59 Å². The molecule has 1 atom stereocenters. The molecule has 2 saturated heterocycles. The highest BCUT2D eigenvalue weighted by molar-refractivity contribution is 5.97. The van der Waals surface area contributed by atoms with E-state index >= 15 is 0 Å². The Balaban J connectivity index is 1.15. The molecule has 0 aromatic heterocycles. The van der Waals surface area contributed by atoms with E-state index in [4.69, 9.17) is 9.47 Å². The average molecular weight is 468 g/mol. The highest BCUT2D eigenvalue weighted by Gasteiger charge is 2.31. The molecule has 0 radical (unpaired) electrons. The molecule has 2 aromatic carbocycles. The van der Waals surface area contributed by atoms with Crippen molar-refractivity contribution < 1.29 is 19.1 Å². The normalized spacial score (nSPS) is 18.6. The summed E-state index contributed by atoms with van der Waals surface area (Å²) in [5, 5.41) is 5.86. The zero-order valence-corrected chi connectivity index (χ0v) is 19.8. The lowest BCUT2D eigenvalue weighted by Gasteiger charge is -2.36. The van der Waals surface area contributed by atoms with Gasteiger partial charge in [-0.15, -0.1) is 0 Å². The molecule has 0 saturated carbocycles. The molecule has 9 heteroatoms. The Hall–Kier alpha value is -3.46. The second kappa shape index (κ2) is 11.1. The number of methoxy groups -OCH3 is 2. The number of carbonyl (C=O) groups excluding carboxylic acids is 2. The monoisotopic (exact) mass is 467 g/mol. The molecular formula is C25H33N5O4. The lowest BCUT2D eigenvalue weighted by atomic mass is 10.2. The number of nitrogens with one attached hydrogen (secondary N) is 2. The van der Waals surface area contributed by atoms with Crippen LogP contribution in [0.15, 0.2) is 48.5 Å². The first kappa shape index (κ1) is 23.7. The molecule has 0 bridgehead atoms. The van der Waals surface area contributed by atoms with Gasteiger partial charge in [0.2, 0.25) is 5.91 Å². The van der Waals surface area contributed by atoms with Gasteiger partial charge in [0.1, 0.15) is 11.5 Å². The van der Waals surface area contributed by atoms with E-state index in [1.54, 1.807) is 19.1 Å². The predicted octanol–water partition coefficient (Wildman–Crippen LogP) is 1.93. The minimum absolute atomic E-state index is 0.00622. The largest absolute Gasteiger partial charge is 0.497 e. The fourth-order valence-corrected chi connectivity index (χ4v) is 4.42. The molecule has 0 spiro atoms. The van der Waals surface area contributed by atoms with Crippen LogP contribution < -0.4 is 29.9 Å². The van der Waals surface area contributed by atoms with Gasteiger partial charge >= 0.3 is 6.03 Å². The molecule has 2 heterocycles. The van der Waals surface area contributed by atoms with Crippen molar-refractivity contribution in [1.82, 2.24) is 15.5 Å². The molecule has 3 amide bonds. The third kappa shape index (κ3) is 5.91. The highest BCUT2D eigenvalue weighted by atomic mass is 16.5. The number of anilines is 2. The first-order chi connectivity index (χ1) is 16.6. The topological polar surface area (TPSA) is 86.4 Å². The molecule has 0 aliphatic carbocycles. The van der Waals surface area contributed by atoms with Gasteiger partial charge in [-0.2, -0.15) is 0 Å². The summed E-state index contributed by atoms with van der Waals surface area (Å²) < 4.78 is 10.5. The van der Waals surface area contributed by atoms with E-state index in [-0.39, 0.29) is 24.4 Å². The van der Waals surface area contributed by atoms with E-state index in [1.165, 1.54) is 5.69 Å². The Bertz CT molecular complexity index is 976. The maximum absolute atomic E-state index is 12.4. The summed E-state index contributed by atoms with van der Waals surface area (Å²) in [5.74, 6) is 1.55. The standard InChI is InChI=1S/C25H33N5O4/c1-33-22-8-6-20(7-9-22)29-14-12-28(13-15-29)11-10-26-25(32)27-19-16-24(31)30(18-19)21-4-3-5-23(17-21)34-2/h3-9,17,19H,10-16,18H2,1-2H3,(H2,26,27,32). The Labute approximate surface area is 200 Å². The summed E-state index contributed by atoms with van der Waals surface area (Å²) in [5.41, 5.74) is 1.98. The van der Waals surface area contributed by atoms with Crippen LogP contribution in [0.4, 0.5) is 16.2 Å². The number of amides is 3. The zero-order valence-electron chi connectivity index (χ0n) is 19.8. The lowest BCUT2D eigenvalue weighted by molar-refractivity contribution is -0.117. The minimum atomic E-state index is -0.234. The Morgan fingerprint density at radius 3 is 2.41 bits per heavy atom. The number of piperazine rings is 1. The molecule has 2 aliphatic rings. The number of urea groups is 1. The number of hydrogen-bond donors (Lipinski definition) is 2. The third-order valence-corrected chi connectivity index (χ3v) is 6.35. The maximum atomic E-state index is 12.4. The lowest BCUT2D eigenvalue weighted by Crippen LogP contribution is -2.50. The number of carbonyl (C=O) groups is 2. The Morgan fingerprint density at radius 2 is 1.71 bits per heavy atom. The van der Waals surface area contributed by atoms with Gasteiger partial charge in [-0.05, 0) is 36.4 Å². The van der Waals surface area contributed by atoms with Crippen molar-refractivity contribution in [3.63, 3.8) is 0 Å². The van der Waals surface area contributed by atoms with E-state index in [2.05, 4.69) is 32.6 Å². The summed E-state index contributed by atoms with van der Waals surface area (Å²) >= 11 is 0. The fraction of sp³-hybridized carbons (Fsp3) is 0.440. The Morgan fingerprint density at radius 1 is 0.971 bits per heavy atom. The SMILES string of the molecule is COc1ccc(N2CCN(CCNC(=O)NC3CC(=O)N(c4cccc(OC)c4)C3)CC2)cc1. The van der Waals surface area contributed by atoms with Crippen LogP contribution in [0, 0.1) is 0 Å². The summed E-state index contributed by atoms with van der Waals surface area (Å²) in [6.45, 7) is 5.60. The van der Waals surface area contributed by atoms with Gasteiger partial charge in [-0.3, -0.25) is 9.69 Å². The first-order valence-corrected chi connectivity index (χ1v) is 11.7. The van der Waals surface area contributed by atoms with Gasteiger partial charge in [-0.25, -0.2) is 4.79 Å². The van der Waals surface area contributed by atoms with Crippen LogP contribution in [0.1, 0.15) is 6.42 Å². The second-order valence-electron chi connectivity index (χ2n) is 8.53. The van der Waals surface area contributed by atoms with Gasteiger partial charge in [0.25, 0.3) is 0 Å². The highest BCUT2D eigenvalue weighted by Crippen LogP contribution is 2.25. The number of ether oxygens (including phenoxy) is 2. The summed E-state index contributed by atoms with van der Waals surface area (Å²) in [6.07, 6.45) is 0.290. The average Bonchev–Trinajstić information content (AvgIpc) is 3.24. The van der Waals surface area contributed by atoms with Crippen LogP contribution in [-0.2, 0) is 4.79 Å². The van der Waals surface area contributed by atoms with Crippen LogP contribution >= 0.6 is 0 Å². The number of benzene rings is 2. The van der Waals surface area contributed by atoms with Crippen molar-refractivity contribution in [1.29, 1.82) is 0 Å². The van der Waals surface area contributed by atoms with E-state index in [0.29, 0.717) is 18.8 Å². The quantitative estimate of drug-likeness (QED) is 0.617. The molecular weight excluding hydrogens is 434 g/mol. The maximum Gasteiger partial charge on any atom is 0.315 e. The molecule has 1 unspecified atom stereocenters. The number of hydrogen-bond acceptors (Lipinski definition) is 6. The molecule has 34 heavy (non-hydrogen) atoms. The van der Waals surface area contributed by atoms with Crippen LogP contribution in [0.25, 0.3) is 0 Å². The van der Waals surface area contributed by atoms with Crippen LogP contribution in [0.5, 0.6) is 11.5 Å². The van der Waals surface area contributed by atoms with Gasteiger partial charge < -0.3 is 29.9 Å². The fourth-order valence-electron chi connectivity index (χ4n) is 4.42. The molecule has 2 fully saturated rings. The molecule has 9 nitrogen and oxygen atoms in total. The van der Waals surface area contributed by atoms with Crippen LogP contribution in [0.2, 0.25) is 0 Å². The second-order valence-corrected chi connectivity index (χ2v) is 8.53. The van der Waals surface area contributed by atoms with E-state index < -0.39 is 0 Å². The molecule has 2 N–H and O–H groups in total. The summed E-state index contributed by atoms with van der Waals surface area (Å²) in [4.78, 5) is 31.2. The van der Waals surface area contributed by atoms with Gasteiger partial charge in [0.15, 0.2) is 0 Å². The number of rotatable bonds is 8. The first-order valence-electron chi connectivity index (χ1n) is 11.7. The van der Waals surface area contributed by atoms with Crippen LogP contribution in [0.3, 0.4) is 0 Å². The van der Waals surface area contributed by atoms with Gasteiger partial charge in [-0.1, -0.05) is 6.07 Å². The van der Waals surface area contributed by atoms with Crippen molar-refractivity contribution in [2.45, 2.75) is 12.5 Å².